The minimum atomic E-state index is -1.13. The average molecular weight is 259 g/mol. The molecule has 18 heavy (non-hydrogen) atoms. The molecule has 104 valence electrons. The normalized spacial score (nSPS) is 15.3. The van der Waals surface area contributed by atoms with Gasteiger partial charge in [-0.25, -0.2) is 0 Å². The fourth-order valence-corrected chi connectivity index (χ4v) is 1.22. The molecule has 0 fully saturated rings. The van der Waals surface area contributed by atoms with Gasteiger partial charge in [-0.15, -0.1) is 0 Å². The number of esters is 2. The molecule has 0 heterocycles. The van der Waals surface area contributed by atoms with E-state index >= 15 is 0 Å². The van der Waals surface area contributed by atoms with Gasteiger partial charge in [-0.2, -0.15) is 0 Å². The Morgan fingerprint density at radius 3 is 2.39 bits per heavy atom. The summed E-state index contributed by atoms with van der Waals surface area (Å²) in [5.74, 6) is -1.31. The molecule has 0 amide bonds. The van der Waals surface area contributed by atoms with Crippen LogP contribution in [0.5, 0.6) is 0 Å². The number of rotatable bonds is 8. The zero-order valence-corrected chi connectivity index (χ0v) is 11.0. The van der Waals surface area contributed by atoms with Gasteiger partial charge in [0, 0.05) is 0 Å². The highest BCUT2D eigenvalue weighted by atomic mass is 16.6. The van der Waals surface area contributed by atoms with Gasteiger partial charge in [0.1, 0.15) is 6.04 Å². The first-order valence-electron chi connectivity index (χ1n) is 6.03. The molecule has 0 aliphatic rings. The van der Waals surface area contributed by atoms with Crippen LogP contribution in [0.4, 0.5) is 0 Å². The van der Waals surface area contributed by atoms with Crippen molar-refractivity contribution in [2.24, 2.45) is 11.7 Å². The van der Waals surface area contributed by atoms with Gasteiger partial charge in [-0.3, -0.25) is 14.4 Å². The van der Waals surface area contributed by atoms with E-state index < -0.39 is 24.1 Å². The Kier molecular flexibility index (Phi) is 7.94. The Morgan fingerprint density at radius 2 is 1.94 bits per heavy atom. The zero-order chi connectivity index (χ0) is 14.1. The number of carbonyl (C=O) groups excluding carboxylic acids is 3. The third kappa shape index (κ3) is 5.77. The number of nitrogens with two attached hydrogens (primary N) is 1. The van der Waals surface area contributed by atoms with Crippen molar-refractivity contribution >= 4 is 18.2 Å². The molecule has 0 radical (unpaired) electrons. The van der Waals surface area contributed by atoms with Crippen molar-refractivity contribution in [1.82, 2.24) is 0 Å². The van der Waals surface area contributed by atoms with Crippen LogP contribution in [0, 0.1) is 5.92 Å². The molecule has 0 aromatic carbocycles. The molecule has 0 aliphatic heterocycles. The summed E-state index contributed by atoms with van der Waals surface area (Å²) in [6.07, 6.45) is -0.291. The highest BCUT2D eigenvalue weighted by molar-refractivity contribution is 5.80. The van der Waals surface area contributed by atoms with Crippen molar-refractivity contribution in [2.75, 3.05) is 6.61 Å². The van der Waals surface area contributed by atoms with Crippen molar-refractivity contribution in [1.29, 1.82) is 0 Å². The van der Waals surface area contributed by atoms with E-state index in [4.69, 9.17) is 10.5 Å². The van der Waals surface area contributed by atoms with Gasteiger partial charge in [-0.05, 0) is 12.8 Å². The molecule has 2 N–H and O–H groups in total. The Labute approximate surface area is 107 Å². The lowest BCUT2D eigenvalue weighted by Gasteiger charge is -2.19. The van der Waals surface area contributed by atoms with Crippen LogP contribution in [0.1, 0.15) is 33.6 Å². The minimum absolute atomic E-state index is 0.0487. The number of hydrogen-bond acceptors (Lipinski definition) is 6. The molecule has 0 saturated carbocycles. The average Bonchev–Trinajstić information content (AvgIpc) is 2.36. The monoisotopic (exact) mass is 259 g/mol. The van der Waals surface area contributed by atoms with Crippen LogP contribution in [0.2, 0.25) is 0 Å². The second-order valence-electron chi connectivity index (χ2n) is 4.03. The molecular weight excluding hydrogens is 238 g/mol. The van der Waals surface area contributed by atoms with E-state index in [1.807, 2.05) is 13.8 Å². The van der Waals surface area contributed by atoms with Crippen LogP contribution in [0.15, 0.2) is 0 Å². The third-order valence-corrected chi connectivity index (χ3v) is 2.62. The fraction of sp³-hybridized carbons (Fsp3) is 0.750. The molecule has 0 aromatic rings. The van der Waals surface area contributed by atoms with E-state index in [1.165, 1.54) is 0 Å². The van der Waals surface area contributed by atoms with Gasteiger partial charge < -0.3 is 15.2 Å². The maximum absolute atomic E-state index is 11.6. The standard InChI is InChI=1S/C12H21NO5/c1-4-8(3)11(13)12(16)18-9(7-14)6-10(15)17-5-2/h7-9,11H,4-6,13H2,1-3H3/t8-,9?,11-/m0/s1. The number of hydrogen-bond donors (Lipinski definition) is 1. The Bertz CT molecular complexity index is 292. The molecule has 3 atom stereocenters. The van der Waals surface area contributed by atoms with Gasteiger partial charge in [0.05, 0.1) is 13.0 Å². The molecule has 0 bridgehead atoms. The summed E-state index contributed by atoms with van der Waals surface area (Å²) in [7, 11) is 0. The summed E-state index contributed by atoms with van der Waals surface area (Å²) in [5.41, 5.74) is 5.66. The summed E-state index contributed by atoms with van der Waals surface area (Å²) >= 11 is 0. The van der Waals surface area contributed by atoms with Crippen molar-refractivity contribution in [3.63, 3.8) is 0 Å². The summed E-state index contributed by atoms with van der Waals surface area (Å²) < 4.78 is 9.53. The smallest absolute Gasteiger partial charge is 0.323 e. The Hall–Kier alpha value is -1.43. The van der Waals surface area contributed by atoms with E-state index in [-0.39, 0.29) is 18.9 Å². The first-order chi connectivity index (χ1) is 8.46. The topological polar surface area (TPSA) is 95.7 Å². The Morgan fingerprint density at radius 1 is 1.33 bits per heavy atom. The predicted molar refractivity (Wildman–Crippen MR) is 64.6 cm³/mol. The third-order valence-electron chi connectivity index (χ3n) is 2.62. The van der Waals surface area contributed by atoms with Crippen LogP contribution < -0.4 is 5.73 Å². The largest absolute Gasteiger partial charge is 0.466 e. The second-order valence-corrected chi connectivity index (χ2v) is 4.03. The summed E-state index contributed by atoms with van der Waals surface area (Å²) in [4.78, 5) is 33.5. The zero-order valence-electron chi connectivity index (χ0n) is 11.0. The lowest BCUT2D eigenvalue weighted by Crippen LogP contribution is -2.40. The quantitative estimate of drug-likeness (QED) is 0.501. The van der Waals surface area contributed by atoms with Crippen molar-refractivity contribution < 1.29 is 23.9 Å². The second kappa shape index (κ2) is 8.63. The maximum Gasteiger partial charge on any atom is 0.323 e. The van der Waals surface area contributed by atoms with Gasteiger partial charge in [-0.1, -0.05) is 20.3 Å². The molecular formula is C12H21NO5. The Balaban J connectivity index is 4.32. The molecule has 0 rings (SSSR count). The number of ether oxygens (including phenoxy) is 2. The van der Waals surface area contributed by atoms with Gasteiger partial charge in [0.15, 0.2) is 12.4 Å². The van der Waals surface area contributed by atoms with Gasteiger partial charge in [0.25, 0.3) is 0 Å². The molecule has 0 saturated heterocycles. The molecule has 0 spiro atoms. The highest BCUT2D eigenvalue weighted by Gasteiger charge is 2.25. The van der Waals surface area contributed by atoms with E-state index in [2.05, 4.69) is 4.74 Å². The number of aldehydes is 1. The minimum Gasteiger partial charge on any atom is -0.466 e. The van der Waals surface area contributed by atoms with Gasteiger partial charge in [0.2, 0.25) is 0 Å². The van der Waals surface area contributed by atoms with E-state index in [0.29, 0.717) is 6.29 Å². The summed E-state index contributed by atoms with van der Waals surface area (Å²) in [6, 6.07) is -0.792. The predicted octanol–water partition coefficient (Wildman–Crippen LogP) is 0.424. The molecule has 6 heteroatoms. The van der Waals surface area contributed by atoms with Crippen molar-refractivity contribution in [2.45, 2.75) is 45.8 Å². The van der Waals surface area contributed by atoms with Crippen LogP contribution in [-0.2, 0) is 23.9 Å². The number of carbonyl (C=O) groups is 3. The van der Waals surface area contributed by atoms with Gasteiger partial charge >= 0.3 is 11.9 Å². The van der Waals surface area contributed by atoms with Crippen LogP contribution in [0.3, 0.4) is 0 Å². The van der Waals surface area contributed by atoms with E-state index in [9.17, 15) is 14.4 Å². The van der Waals surface area contributed by atoms with E-state index in [0.717, 1.165) is 6.42 Å². The highest BCUT2D eigenvalue weighted by Crippen LogP contribution is 2.09. The first kappa shape index (κ1) is 16.6. The van der Waals surface area contributed by atoms with Crippen LogP contribution in [-0.4, -0.2) is 37.0 Å². The van der Waals surface area contributed by atoms with Crippen molar-refractivity contribution in [3.8, 4) is 0 Å². The first-order valence-corrected chi connectivity index (χ1v) is 6.03. The lowest BCUT2D eigenvalue weighted by molar-refractivity contribution is -0.159. The SMILES string of the molecule is CCOC(=O)CC(C=O)OC(=O)[C@@H](N)[C@@H](C)CC. The van der Waals surface area contributed by atoms with Crippen molar-refractivity contribution in [3.05, 3.63) is 0 Å². The van der Waals surface area contributed by atoms with E-state index in [1.54, 1.807) is 6.92 Å². The lowest BCUT2D eigenvalue weighted by atomic mass is 10.0. The summed E-state index contributed by atoms with van der Waals surface area (Å²) in [5, 5.41) is 0. The molecule has 6 nitrogen and oxygen atoms in total. The molecule has 1 unspecified atom stereocenters. The maximum atomic E-state index is 11.6. The van der Waals surface area contributed by atoms with Crippen LogP contribution in [0.25, 0.3) is 0 Å². The summed E-state index contributed by atoms with van der Waals surface area (Å²) in [6.45, 7) is 5.57. The molecule has 0 aromatic heterocycles. The molecule has 0 aliphatic carbocycles. The van der Waals surface area contributed by atoms with Crippen LogP contribution >= 0.6 is 0 Å². The fourth-order valence-electron chi connectivity index (χ4n) is 1.22.